The number of unbranched alkanes of at least 4 members (excludes halogenated alkanes) is 18. The van der Waals surface area contributed by atoms with Crippen molar-refractivity contribution in [2.45, 2.75) is 234 Å². The van der Waals surface area contributed by atoms with Crippen LogP contribution in [0.5, 0.6) is 0 Å². The van der Waals surface area contributed by atoms with E-state index < -0.39 is 0 Å². The van der Waals surface area contributed by atoms with E-state index in [2.05, 4.69) is 183 Å². The predicted molar refractivity (Wildman–Crippen MR) is 328 cm³/mol. The molecule has 75 heavy (non-hydrogen) atoms. The number of aryl methyl sites for hydroxylation is 6. The van der Waals surface area contributed by atoms with Gasteiger partial charge in [-0.2, -0.15) is 0 Å². The maximum Gasteiger partial charge on any atom is 0.0528 e. The minimum absolute atomic E-state index is 1.16. The van der Waals surface area contributed by atoms with Crippen LogP contribution >= 0.6 is 0 Å². The van der Waals surface area contributed by atoms with Crippen LogP contribution in [0.2, 0.25) is 0 Å². The molecule has 0 spiro atoms. The first kappa shape index (κ1) is 57.4. The molecule has 3 nitrogen and oxygen atoms in total. The van der Waals surface area contributed by atoms with E-state index in [1.54, 1.807) is 33.4 Å². The highest BCUT2D eigenvalue weighted by Gasteiger charge is 2.18. The van der Waals surface area contributed by atoms with Gasteiger partial charge in [0.1, 0.15) is 0 Å². The molecule has 0 amide bonds. The molecule has 402 valence electrons. The third kappa shape index (κ3) is 16.6. The molecule has 7 rings (SSSR count). The molecule has 0 aliphatic rings. The Morgan fingerprint density at radius 3 is 0.720 bits per heavy atom. The summed E-state index contributed by atoms with van der Waals surface area (Å²) in [5, 5.41) is 0. The number of hydrogen-bond donors (Lipinski definition) is 0. The van der Waals surface area contributed by atoms with E-state index in [1.165, 1.54) is 224 Å². The Morgan fingerprint density at radius 1 is 0.240 bits per heavy atom. The van der Waals surface area contributed by atoms with Crippen molar-refractivity contribution >= 4 is 0 Å². The van der Waals surface area contributed by atoms with Crippen molar-refractivity contribution in [3.63, 3.8) is 0 Å². The van der Waals surface area contributed by atoms with Gasteiger partial charge in [-0.05, 0) is 200 Å². The lowest BCUT2D eigenvalue weighted by Gasteiger charge is -2.20. The van der Waals surface area contributed by atoms with E-state index in [-0.39, 0.29) is 0 Å². The topological polar surface area (TPSA) is 14.8 Å². The van der Waals surface area contributed by atoms with Gasteiger partial charge in [0.2, 0.25) is 0 Å². The second-order valence-corrected chi connectivity index (χ2v) is 22.3. The molecule has 3 heteroatoms. The minimum Gasteiger partial charge on any atom is -0.316 e. The van der Waals surface area contributed by atoms with E-state index >= 15 is 0 Å². The van der Waals surface area contributed by atoms with Crippen molar-refractivity contribution in [3.05, 3.63) is 161 Å². The molecule has 0 N–H and O–H groups in total. The summed E-state index contributed by atoms with van der Waals surface area (Å²) in [6.45, 7) is 13.9. The Balaban J connectivity index is 1.33. The van der Waals surface area contributed by atoms with Crippen LogP contribution in [0.15, 0.2) is 128 Å². The van der Waals surface area contributed by atoms with E-state index in [0.29, 0.717) is 0 Å². The maximum atomic E-state index is 2.55. The Labute approximate surface area is 457 Å². The molecule has 7 aromatic rings. The van der Waals surface area contributed by atoms with Crippen molar-refractivity contribution in [2.75, 3.05) is 0 Å². The molecule has 0 aliphatic heterocycles. The third-order valence-corrected chi connectivity index (χ3v) is 16.3. The van der Waals surface area contributed by atoms with E-state index in [0.717, 1.165) is 19.3 Å². The van der Waals surface area contributed by atoms with Crippen LogP contribution < -0.4 is 0 Å². The first-order valence-electron chi connectivity index (χ1n) is 31.0. The normalized spacial score (nSPS) is 11.6. The van der Waals surface area contributed by atoms with Gasteiger partial charge >= 0.3 is 0 Å². The average Bonchev–Trinajstić information content (AvgIpc) is 4.25. The fourth-order valence-corrected chi connectivity index (χ4v) is 11.8. The molecule has 0 saturated heterocycles. The summed E-state index contributed by atoms with van der Waals surface area (Å²) in [7, 11) is 0. The Hall–Kier alpha value is -5.28. The molecule has 0 atom stereocenters. The molecule has 4 aromatic carbocycles. The summed E-state index contributed by atoms with van der Waals surface area (Å²) < 4.78 is 7.37. The number of hydrogen-bond acceptors (Lipinski definition) is 0. The van der Waals surface area contributed by atoms with Crippen LogP contribution in [0.25, 0.3) is 50.8 Å². The average molecular weight is 1010 g/mol. The molecule has 0 saturated carbocycles. The fraction of sp³-hybridized carbons (Fsp3) is 0.500. The second-order valence-electron chi connectivity index (χ2n) is 22.3. The Morgan fingerprint density at radius 2 is 0.480 bits per heavy atom. The lowest BCUT2D eigenvalue weighted by molar-refractivity contribution is 0.650. The smallest absolute Gasteiger partial charge is 0.0528 e. The summed E-state index contributed by atoms with van der Waals surface area (Å²) in [6, 6.07) is 43.4. The van der Waals surface area contributed by atoms with Crippen LogP contribution in [0.4, 0.5) is 0 Å². The van der Waals surface area contributed by atoms with E-state index in [9.17, 15) is 0 Å². The predicted octanol–water partition coefficient (Wildman–Crippen LogP) is 21.8. The standard InChI is InChI=1S/C72H99N3/c1-7-13-19-25-34-58-43-46-64(52-61(58)37-28-22-16-10-4)70-40-31-49-73(70)67-55-68(74-50-32-41-71(74)65-47-44-59(35-26-20-14-8-2)62(53-65)38-29-23-17-11-5)57-69(56-67)75-51-33-42-72(75)66-48-45-60(36-27-21-15-9-3)63(54-66)39-30-24-18-12-6/h31-33,40-57H,7-30,34-39H2,1-6H3. The molecule has 3 aromatic heterocycles. The number of nitrogens with zero attached hydrogens (tertiary/aromatic N) is 3. The van der Waals surface area contributed by atoms with Crippen LogP contribution in [0, 0.1) is 0 Å². The monoisotopic (exact) mass is 1010 g/mol. The first-order valence-corrected chi connectivity index (χ1v) is 31.0. The zero-order valence-corrected chi connectivity index (χ0v) is 48.2. The summed E-state index contributed by atoms with van der Waals surface area (Å²) >= 11 is 0. The SMILES string of the molecule is CCCCCCc1ccc(-c2cccn2-c2cc(-n3cccc3-c3ccc(CCCCCC)c(CCCCCC)c3)cc(-n3cccc3-c3ccc(CCCCCC)c(CCCCCC)c3)c2)cc1CCCCCC. The van der Waals surface area contributed by atoms with Crippen molar-refractivity contribution in [1.82, 2.24) is 13.7 Å². The molecular formula is C72H99N3. The lowest BCUT2D eigenvalue weighted by atomic mass is 9.94. The summed E-state index contributed by atoms with van der Waals surface area (Å²) in [4.78, 5) is 0. The highest BCUT2D eigenvalue weighted by Crippen LogP contribution is 2.35. The van der Waals surface area contributed by atoms with Gasteiger partial charge in [-0.25, -0.2) is 0 Å². The lowest BCUT2D eigenvalue weighted by Crippen LogP contribution is -2.05. The number of aromatic nitrogens is 3. The van der Waals surface area contributed by atoms with Gasteiger partial charge in [0.15, 0.2) is 0 Å². The Bertz CT molecular complexity index is 2410. The van der Waals surface area contributed by atoms with Gasteiger partial charge in [-0.1, -0.05) is 194 Å². The molecule has 0 radical (unpaired) electrons. The van der Waals surface area contributed by atoms with Crippen molar-refractivity contribution in [2.24, 2.45) is 0 Å². The summed E-state index contributed by atoms with van der Waals surface area (Å²) in [5.41, 5.74) is 20.5. The molecule has 0 unspecified atom stereocenters. The van der Waals surface area contributed by atoms with Crippen LogP contribution in [0.3, 0.4) is 0 Å². The van der Waals surface area contributed by atoms with Gasteiger partial charge in [0.25, 0.3) is 0 Å². The minimum atomic E-state index is 1.16. The van der Waals surface area contributed by atoms with Crippen molar-refractivity contribution in [3.8, 4) is 50.8 Å². The van der Waals surface area contributed by atoms with Crippen LogP contribution in [-0.4, -0.2) is 13.7 Å². The zero-order chi connectivity index (χ0) is 52.5. The first-order chi connectivity index (χ1) is 37.0. The molecule has 3 heterocycles. The number of benzene rings is 4. The molecular weight excluding hydrogens is 907 g/mol. The summed E-state index contributed by atoms with van der Waals surface area (Å²) in [6.07, 6.45) is 44.9. The van der Waals surface area contributed by atoms with Crippen molar-refractivity contribution in [1.29, 1.82) is 0 Å². The molecule has 0 bridgehead atoms. The van der Waals surface area contributed by atoms with Gasteiger partial charge in [-0.3, -0.25) is 0 Å². The Kier molecular flexibility index (Phi) is 24.3. The third-order valence-electron chi connectivity index (χ3n) is 16.3. The maximum absolute atomic E-state index is 2.55. The molecule has 0 fully saturated rings. The van der Waals surface area contributed by atoms with Gasteiger partial charge < -0.3 is 13.7 Å². The van der Waals surface area contributed by atoms with E-state index in [1.807, 2.05) is 0 Å². The van der Waals surface area contributed by atoms with Crippen molar-refractivity contribution < 1.29 is 0 Å². The van der Waals surface area contributed by atoms with Crippen LogP contribution in [0.1, 0.15) is 229 Å². The number of rotatable bonds is 36. The largest absolute Gasteiger partial charge is 0.316 e. The van der Waals surface area contributed by atoms with Gasteiger partial charge in [0.05, 0.1) is 17.1 Å². The van der Waals surface area contributed by atoms with Gasteiger partial charge in [-0.15, -0.1) is 0 Å². The zero-order valence-electron chi connectivity index (χ0n) is 48.2. The van der Waals surface area contributed by atoms with Gasteiger partial charge in [0, 0.05) is 35.7 Å². The van der Waals surface area contributed by atoms with Crippen LogP contribution in [-0.2, 0) is 38.5 Å². The fourth-order valence-electron chi connectivity index (χ4n) is 11.8. The highest BCUT2D eigenvalue weighted by atomic mass is 15.0. The quantitative estimate of drug-likeness (QED) is 0.0348. The van der Waals surface area contributed by atoms with E-state index in [4.69, 9.17) is 0 Å². The second kappa shape index (κ2) is 31.7. The highest BCUT2D eigenvalue weighted by molar-refractivity contribution is 5.71. The summed E-state index contributed by atoms with van der Waals surface area (Å²) in [5.74, 6) is 0. The molecule has 0 aliphatic carbocycles.